The Labute approximate surface area is 112 Å². The maximum atomic E-state index is 11.3. The Morgan fingerprint density at radius 2 is 2.12 bits per heavy atom. The monoisotopic (exact) mass is 340 g/mol. The molecule has 4 nitrogen and oxygen atoms in total. The van der Waals surface area contributed by atoms with Gasteiger partial charge in [-0.2, -0.15) is 0 Å². The highest BCUT2D eigenvalue weighted by Crippen LogP contribution is 2.24. The zero-order valence-corrected chi connectivity index (χ0v) is 12.1. The van der Waals surface area contributed by atoms with E-state index in [0.29, 0.717) is 16.5 Å². The molecule has 0 aromatic heterocycles. The van der Waals surface area contributed by atoms with E-state index in [9.17, 15) is 13.2 Å². The molecule has 94 valence electrons. The lowest BCUT2D eigenvalue weighted by Crippen LogP contribution is -2.06. The van der Waals surface area contributed by atoms with Crippen LogP contribution in [0.3, 0.4) is 0 Å². The fourth-order valence-electron chi connectivity index (χ4n) is 1.27. The van der Waals surface area contributed by atoms with Crippen molar-refractivity contribution in [1.29, 1.82) is 0 Å². The predicted octanol–water partition coefficient (Wildman–Crippen LogP) is 2.48. The van der Waals surface area contributed by atoms with E-state index in [1.54, 1.807) is 12.1 Å². The smallest absolute Gasteiger partial charge is 0.302 e. The molecule has 0 fully saturated rings. The largest absolute Gasteiger partial charge is 0.466 e. The van der Waals surface area contributed by atoms with Crippen molar-refractivity contribution in [3.63, 3.8) is 0 Å². The summed E-state index contributed by atoms with van der Waals surface area (Å²) in [7, 11) is 1.52. The summed E-state index contributed by atoms with van der Waals surface area (Å²) in [6.07, 6.45) is 0.300. The van der Waals surface area contributed by atoms with Crippen molar-refractivity contribution in [1.82, 2.24) is 0 Å². The van der Waals surface area contributed by atoms with Crippen LogP contribution < -0.4 is 0 Å². The van der Waals surface area contributed by atoms with Crippen LogP contribution in [-0.2, 0) is 25.0 Å². The van der Waals surface area contributed by atoms with Gasteiger partial charge in [-0.05, 0) is 17.7 Å². The van der Waals surface area contributed by atoms with Gasteiger partial charge in [0.05, 0.1) is 11.5 Å². The summed E-state index contributed by atoms with van der Waals surface area (Å²) in [5.41, 5.74) is 0.518. The molecule has 1 aromatic rings. The minimum absolute atomic E-state index is 0.0284. The quantitative estimate of drug-likeness (QED) is 0.623. The molecule has 1 aromatic carbocycles. The summed E-state index contributed by atoms with van der Waals surface area (Å²) >= 11 is 3.17. The van der Waals surface area contributed by atoms with Gasteiger partial charge >= 0.3 is 5.97 Å². The van der Waals surface area contributed by atoms with Crippen molar-refractivity contribution in [3.8, 4) is 0 Å². The number of benzene rings is 1. The zero-order valence-electron chi connectivity index (χ0n) is 8.94. The number of halogens is 2. The van der Waals surface area contributed by atoms with Gasteiger partial charge in [-0.1, -0.05) is 22.0 Å². The number of hydrogen-bond acceptors (Lipinski definition) is 4. The molecule has 0 saturated carbocycles. The number of esters is 1. The van der Waals surface area contributed by atoms with Crippen molar-refractivity contribution < 1.29 is 17.9 Å². The fourth-order valence-corrected chi connectivity index (χ4v) is 2.96. The summed E-state index contributed by atoms with van der Waals surface area (Å²) in [4.78, 5) is 10.6. The Kier molecular flexibility index (Phi) is 4.97. The van der Waals surface area contributed by atoms with Crippen LogP contribution in [0.5, 0.6) is 0 Å². The van der Waals surface area contributed by atoms with Crippen LogP contribution in [0.25, 0.3) is 0 Å². The van der Waals surface area contributed by atoms with Crippen LogP contribution in [0.2, 0.25) is 0 Å². The molecular weight excluding hydrogens is 332 g/mol. The summed E-state index contributed by atoms with van der Waals surface area (Å²) in [6, 6.07) is 4.75. The molecule has 0 N–H and O–H groups in total. The fraction of sp³-hybridized carbons (Fsp3) is 0.300. The third-order valence-corrected chi connectivity index (χ3v) is 3.87. The Morgan fingerprint density at radius 3 is 2.65 bits per heavy atom. The molecule has 7 heteroatoms. The number of carbonyl (C=O) groups is 1. The highest BCUT2D eigenvalue weighted by molar-refractivity contribution is 9.10. The molecule has 0 aliphatic heterocycles. The molecule has 0 aliphatic rings. The van der Waals surface area contributed by atoms with E-state index in [4.69, 9.17) is 15.4 Å². The summed E-state index contributed by atoms with van der Waals surface area (Å²) in [6.45, 7) is 1.41. The molecule has 1 rings (SSSR count). The second kappa shape index (κ2) is 5.84. The number of ether oxygens (including phenoxy) is 1. The van der Waals surface area contributed by atoms with Gasteiger partial charge < -0.3 is 4.74 Å². The lowest BCUT2D eigenvalue weighted by molar-refractivity contribution is -0.140. The summed E-state index contributed by atoms with van der Waals surface area (Å²) < 4.78 is 28.1. The van der Waals surface area contributed by atoms with Gasteiger partial charge in [0.2, 0.25) is 0 Å². The van der Waals surface area contributed by atoms with Crippen molar-refractivity contribution in [3.05, 3.63) is 28.2 Å². The second-order valence-corrected chi connectivity index (χ2v) is 6.73. The Balaban J connectivity index is 2.95. The van der Waals surface area contributed by atoms with E-state index in [1.807, 2.05) is 0 Å². The maximum absolute atomic E-state index is 11.3. The molecule has 0 amide bonds. The van der Waals surface area contributed by atoms with Crippen LogP contribution in [-0.4, -0.2) is 21.0 Å². The molecule has 0 unspecified atom stereocenters. The van der Waals surface area contributed by atoms with Crippen molar-refractivity contribution in [2.24, 2.45) is 0 Å². The molecule has 0 spiro atoms. The first-order valence-corrected chi connectivity index (χ1v) is 7.77. The minimum Gasteiger partial charge on any atom is -0.466 e. The van der Waals surface area contributed by atoms with Crippen LogP contribution in [0.15, 0.2) is 27.6 Å². The van der Waals surface area contributed by atoms with Crippen LogP contribution in [0.1, 0.15) is 12.5 Å². The van der Waals surface area contributed by atoms with Crippen LogP contribution >= 0.6 is 26.6 Å². The average Bonchev–Trinajstić information content (AvgIpc) is 2.18. The maximum Gasteiger partial charge on any atom is 0.302 e. The summed E-state index contributed by atoms with van der Waals surface area (Å²) in [5.74, 6) is -0.405. The minimum atomic E-state index is -3.80. The van der Waals surface area contributed by atoms with Gasteiger partial charge in [-0.3, -0.25) is 4.79 Å². The Bertz CT molecular complexity index is 527. The topological polar surface area (TPSA) is 60.4 Å². The molecule has 0 radical (unpaired) electrons. The molecular formula is C10H10BrClO4S. The number of carbonyl (C=O) groups excluding carboxylic acids is 1. The Hall–Kier alpha value is -0.590. The third-order valence-electron chi connectivity index (χ3n) is 1.97. The van der Waals surface area contributed by atoms with Gasteiger partial charge in [0.25, 0.3) is 9.05 Å². The van der Waals surface area contributed by atoms with E-state index >= 15 is 0 Å². The first-order valence-electron chi connectivity index (χ1n) is 4.67. The Morgan fingerprint density at radius 1 is 1.47 bits per heavy atom. The number of hydrogen-bond donors (Lipinski definition) is 0. The first kappa shape index (κ1) is 14.5. The predicted molar refractivity (Wildman–Crippen MR) is 67.5 cm³/mol. The van der Waals surface area contributed by atoms with Gasteiger partial charge in [0.1, 0.15) is 0 Å². The van der Waals surface area contributed by atoms with Gasteiger partial charge in [0.15, 0.2) is 0 Å². The van der Waals surface area contributed by atoms with Crippen molar-refractivity contribution in [2.75, 3.05) is 6.61 Å². The SMILES string of the molecule is CC(=O)OCCc1ccc(Br)cc1S(=O)(=O)Cl. The third kappa shape index (κ3) is 4.65. The standard InChI is InChI=1S/C10H10BrClO4S/c1-7(13)16-5-4-8-2-3-9(11)6-10(8)17(12,14)15/h2-3,6H,4-5H2,1H3. The van der Waals surface area contributed by atoms with Gasteiger partial charge in [-0.25, -0.2) is 8.42 Å². The second-order valence-electron chi connectivity index (χ2n) is 3.28. The molecule has 0 aliphatic carbocycles. The summed E-state index contributed by atoms with van der Waals surface area (Å²) in [5, 5.41) is 0. The molecule has 0 saturated heterocycles. The number of rotatable bonds is 4. The van der Waals surface area contributed by atoms with E-state index < -0.39 is 15.0 Å². The lowest BCUT2D eigenvalue weighted by Gasteiger charge is -2.07. The van der Waals surface area contributed by atoms with E-state index in [2.05, 4.69) is 15.9 Å². The van der Waals surface area contributed by atoms with Crippen LogP contribution in [0, 0.1) is 0 Å². The highest BCUT2D eigenvalue weighted by Gasteiger charge is 2.16. The lowest BCUT2D eigenvalue weighted by atomic mass is 10.2. The van der Waals surface area contributed by atoms with Crippen LogP contribution in [0.4, 0.5) is 0 Å². The van der Waals surface area contributed by atoms with Crippen molar-refractivity contribution in [2.45, 2.75) is 18.2 Å². The van der Waals surface area contributed by atoms with Crippen molar-refractivity contribution >= 4 is 41.6 Å². The molecule has 0 bridgehead atoms. The molecule has 0 atom stereocenters. The zero-order chi connectivity index (χ0) is 13.1. The van der Waals surface area contributed by atoms with E-state index in [-0.39, 0.29) is 11.5 Å². The molecule has 17 heavy (non-hydrogen) atoms. The molecule has 0 heterocycles. The highest BCUT2D eigenvalue weighted by atomic mass is 79.9. The first-order chi connectivity index (χ1) is 7.80. The van der Waals surface area contributed by atoms with Gasteiger partial charge in [0, 0.05) is 28.5 Å². The normalized spacial score (nSPS) is 11.2. The van der Waals surface area contributed by atoms with E-state index in [1.165, 1.54) is 13.0 Å². The van der Waals surface area contributed by atoms with Gasteiger partial charge in [-0.15, -0.1) is 0 Å². The average molecular weight is 342 g/mol. The van der Waals surface area contributed by atoms with E-state index in [0.717, 1.165) is 0 Å².